The van der Waals surface area contributed by atoms with Crippen LogP contribution in [0.4, 0.5) is 0 Å². The van der Waals surface area contributed by atoms with E-state index in [9.17, 15) is 4.79 Å². The lowest BCUT2D eigenvalue weighted by molar-refractivity contribution is 0.0936. The van der Waals surface area contributed by atoms with Gasteiger partial charge in [-0.2, -0.15) is 0 Å². The van der Waals surface area contributed by atoms with Gasteiger partial charge in [-0.15, -0.1) is 11.8 Å². The molecule has 4 heteroatoms. The molecule has 3 nitrogen and oxygen atoms in total. The molecule has 1 aromatic carbocycles. The van der Waals surface area contributed by atoms with Crippen LogP contribution in [0.5, 0.6) is 0 Å². The van der Waals surface area contributed by atoms with E-state index in [0.29, 0.717) is 5.56 Å². The summed E-state index contributed by atoms with van der Waals surface area (Å²) in [5.41, 5.74) is 1.71. The van der Waals surface area contributed by atoms with Crippen molar-refractivity contribution in [1.82, 2.24) is 10.3 Å². The third-order valence-corrected chi connectivity index (χ3v) is 3.57. The number of nitrogens with zero attached hydrogens (tertiary/aromatic N) is 1. The molecule has 0 radical (unpaired) electrons. The van der Waals surface area contributed by atoms with Crippen LogP contribution in [0.3, 0.4) is 0 Å². The van der Waals surface area contributed by atoms with Crippen LogP contribution in [0.2, 0.25) is 0 Å². The molecule has 19 heavy (non-hydrogen) atoms. The predicted octanol–water partition coefficient (Wildman–Crippen LogP) is 3.29. The zero-order chi connectivity index (χ0) is 13.7. The Morgan fingerprint density at radius 1 is 1.21 bits per heavy atom. The summed E-state index contributed by atoms with van der Waals surface area (Å²) in [5.74, 6) is -0.0891. The number of aromatic nitrogens is 1. The summed E-state index contributed by atoms with van der Waals surface area (Å²) in [5, 5.41) is 3.75. The van der Waals surface area contributed by atoms with E-state index < -0.39 is 0 Å². The van der Waals surface area contributed by atoms with Gasteiger partial charge in [0.05, 0.1) is 11.6 Å². The molecule has 0 saturated carbocycles. The summed E-state index contributed by atoms with van der Waals surface area (Å²) in [6.45, 7) is 1.97. The monoisotopic (exact) mass is 272 g/mol. The lowest BCUT2D eigenvalue weighted by Gasteiger charge is -2.15. The summed E-state index contributed by atoms with van der Waals surface area (Å²) in [6, 6.07) is 13.5. The Labute approximate surface area is 117 Å². The summed E-state index contributed by atoms with van der Waals surface area (Å²) >= 11 is 1.47. The Bertz CT molecular complexity index is 557. The van der Waals surface area contributed by atoms with Crippen LogP contribution in [0.25, 0.3) is 0 Å². The highest BCUT2D eigenvalue weighted by Crippen LogP contribution is 2.18. The number of benzene rings is 1. The summed E-state index contributed by atoms with van der Waals surface area (Å²) in [7, 11) is 0. The lowest BCUT2D eigenvalue weighted by Crippen LogP contribution is -2.27. The van der Waals surface area contributed by atoms with Crippen molar-refractivity contribution in [2.75, 3.05) is 6.26 Å². The summed E-state index contributed by atoms with van der Waals surface area (Å²) in [4.78, 5) is 16.4. The summed E-state index contributed by atoms with van der Waals surface area (Å²) in [6.07, 6.45) is 3.61. The quantitative estimate of drug-likeness (QED) is 0.868. The third kappa shape index (κ3) is 3.35. The fourth-order valence-electron chi connectivity index (χ4n) is 1.83. The highest BCUT2D eigenvalue weighted by atomic mass is 32.2. The number of hydrogen-bond acceptors (Lipinski definition) is 3. The molecule has 0 unspecified atom stereocenters. The zero-order valence-electron chi connectivity index (χ0n) is 11.0. The number of pyridine rings is 1. The smallest absolute Gasteiger partial charge is 0.254 e. The molecule has 0 aliphatic heterocycles. The van der Waals surface area contributed by atoms with Gasteiger partial charge in [0.2, 0.25) is 0 Å². The van der Waals surface area contributed by atoms with Gasteiger partial charge in [-0.3, -0.25) is 4.79 Å². The van der Waals surface area contributed by atoms with Crippen LogP contribution < -0.4 is 5.32 Å². The van der Waals surface area contributed by atoms with Crippen LogP contribution in [0.15, 0.2) is 53.7 Å². The van der Waals surface area contributed by atoms with Gasteiger partial charge >= 0.3 is 0 Å². The normalized spacial score (nSPS) is 11.9. The van der Waals surface area contributed by atoms with E-state index in [4.69, 9.17) is 0 Å². The standard InChI is InChI=1S/C15H16N2OS/c1-11(12-7-4-3-5-8-12)17-14(18)13-9-6-10-16-15(13)19-2/h3-11H,1-2H3,(H,17,18)/t11-/m0/s1. The molecule has 98 valence electrons. The molecule has 0 spiro atoms. The van der Waals surface area contributed by atoms with Gasteiger partial charge in [-0.25, -0.2) is 4.98 Å². The van der Waals surface area contributed by atoms with E-state index in [1.807, 2.05) is 43.5 Å². The molecule has 1 atom stereocenters. The molecular formula is C15H16N2OS. The van der Waals surface area contributed by atoms with Gasteiger partial charge in [0.25, 0.3) is 5.91 Å². The first-order valence-corrected chi connectivity index (χ1v) is 7.29. The Morgan fingerprint density at radius 3 is 2.63 bits per heavy atom. The zero-order valence-corrected chi connectivity index (χ0v) is 11.8. The van der Waals surface area contributed by atoms with Crippen molar-refractivity contribution in [3.05, 3.63) is 59.8 Å². The number of amides is 1. The van der Waals surface area contributed by atoms with E-state index in [1.165, 1.54) is 11.8 Å². The molecular weight excluding hydrogens is 256 g/mol. The third-order valence-electron chi connectivity index (χ3n) is 2.86. The van der Waals surface area contributed by atoms with E-state index in [1.54, 1.807) is 18.3 Å². The molecule has 0 saturated heterocycles. The fourth-order valence-corrected chi connectivity index (χ4v) is 2.37. The average Bonchev–Trinajstić information content (AvgIpc) is 2.48. The van der Waals surface area contributed by atoms with Gasteiger partial charge in [-0.1, -0.05) is 30.3 Å². The Kier molecular flexibility index (Phi) is 4.58. The van der Waals surface area contributed by atoms with Gasteiger partial charge in [-0.05, 0) is 30.9 Å². The fraction of sp³-hybridized carbons (Fsp3) is 0.200. The molecule has 1 N–H and O–H groups in total. The molecule has 0 fully saturated rings. The molecule has 0 aliphatic rings. The minimum atomic E-state index is -0.0891. The highest BCUT2D eigenvalue weighted by molar-refractivity contribution is 7.98. The Balaban J connectivity index is 2.13. The van der Waals surface area contributed by atoms with Crippen molar-refractivity contribution in [1.29, 1.82) is 0 Å². The first-order chi connectivity index (χ1) is 9.22. The molecule has 2 aromatic rings. The predicted molar refractivity (Wildman–Crippen MR) is 78.3 cm³/mol. The first-order valence-electron chi connectivity index (χ1n) is 6.07. The second-order valence-electron chi connectivity index (χ2n) is 4.17. The van der Waals surface area contributed by atoms with Gasteiger partial charge in [0.15, 0.2) is 0 Å². The minimum absolute atomic E-state index is 0.0244. The number of nitrogens with one attached hydrogen (secondary N) is 1. The van der Waals surface area contributed by atoms with Crippen LogP contribution in [0, 0.1) is 0 Å². The maximum Gasteiger partial charge on any atom is 0.254 e. The van der Waals surface area contributed by atoms with E-state index in [-0.39, 0.29) is 11.9 Å². The minimum Gasteiger partial charge on any atom is -0.345 e. The van der Waals surface area contributed by atoms with Crippen molar-refractivity contribution < 1.29 is 4.79 Å². The molecule has 1 amide bonds. The topological polar surface area (TPSA) is 42.0 Å². The summed E-state index contributed by atoms with van der Waals surface area (Å²) < 4.78 is 0. The number of carbonyl (C=O) groups is 1. The number of carbonyl (C=O) groups excluding carboxylic acids is 1. The number of rotatable bonds is 4. The van der Waals surface area contributed by atoms with Crippen LogP contribution in [-0.2, 0) is 0 Å². The van der Waals surface area contributed by atoms with Crippen LogP contribution in [0.1, 0.15) is 28.9 Å². The van der Waals surface area contributed by atoms with Gasteiger partial charge in [0.1, 0.15) is 5.03 Å². The average molecular weight is 272 g/mol. The molecule has 0 bridgehead atoms. The first kappa shape index (κ1) is 13.6. The number of thioether (sulfide) groups is 1. The van der Waals surface area contributed by atoms with Crippen LogP contribution >= 0.6 is 11.8 Å². The molecule has 1 heterocycles. The van der Waals surface area contributed by atoms with Crippen molar-refractivity contribution in [2.24, 2.45) is 0 Å². The highest BCUT2D eigenvalue weighted by Gasteiger charge is 2.14. The Morgan fingerprint density at radius 2 is 1.95 bits per heavy atom. The van der Waals surface area contributed by atoms with Crippen LogP contribution in [-0.4, -0.2) is 17.1 Å². The molecule has 2 rings (SSSR count). The van der Waals surface area contributed by atoms with Crippen molar-refractivity contribution in [3.63, 3.8) is 0 Å². The van der Waals surface area contributed by atoms with Gasteiger partial charge < -0.3 is 5.32 Å². The van der Waals surface area contributed by atoms with Crippen molar-refractivity contribution in [2.45, 2.75) is 18.0 Å². The second-order valence-corrected chi connectivity index (χ2v) is 4.96. The SMILES string of the molecule is CSc1ncccc1C(=O)N[C@@H](C)c1ccccc1. The molecule has 0 aliphatic carbocycles. The maximum absolute atomic E-state index is 12.2. The Hall–Kier alpha value is -1.81. The van der Waals surface area contributed by atoms with Crippen molar-refractivity contribution in [3.8, 4) is 0 Å². The second kappa shape index (κ2) is 6.38. The van der Waals surface area contributed by atoms with Gasteiger partial charge in [0, 0.05) is 6.20 Å². The van der Waals surface area contributed by atoms with E-state index in [0.717, 1.165) is 10.6 Å². The largest absolute Gasteiger partial charge is 0.345 e. The van der Waals surface area contributed by atoms with Crippen molar-refractivity contribution >= 4 is 17.7 Å². The number of hydrogen-bond donors (Lipinski definition) is 1. The van der Waals surface area contributed by atoms with E-state index in [2.05, 4.69) is 10.3 Å². The molecule has 1 aromatic heterocycles. The van der Waals surface area contributed by atoms with E-state index >= 15 is 0 Å². The maximum atomic E-state index is 12.2. The lowest BCUT2D eigenvalue weighted by atomic mass is 10.1.